The van der Waals surface area contributed by atoms with Crippen molar-refractivity contribution in [2.24, 2.45) is 0 Å². The zero-order chi connectivity index (χ0) is 25.6. The average molecular weight is 522 g/mol. The van der Waals surface area contributed by atoms with E-state index in [1.807, 2.05) is 17.0 Å². The average Bonchev–Trinajstić information content (AvgIpc) is 3.31. The summed E-state index contributed by atoms with van der Waals surface area (Å²) in [5.41, 5.74) is -0.710. The van der Waals surface area contributed by atoms with Crippen LogP contribution in [0, 0.1) is 0 Å². The van der Waals surface area contributed by atoms with Gasteiger partial charge in [-0.3, -0.25) is 14.4 Å². The molecule has 1 unspecified atom stereocenters. The number of nitrogens with zero attached hydrogens (tertiary/aromatic N) is 2. The van der Waals surface area contributed by atoms with Gasteiger partial charge in [0.05, 0.1) is 23.1 Å². The van der Waals surface area contributed by atoms with Gasteiger partial charge in [-0.1, -0.05) is 23.7 Å². The van der Waals surface area contributed by atoms with E-state index < -0.39 is 5.60 Å². The molecule has 8 nitrogen and oxygen atoms in total. The van der Waals surface area contributed by atoms with Crippen LogP contribution in [0.3, 0.4) is 0 Å². The molecule has 1 saturated heterocycles. The maximum Gasteiger partial charge on any atom is 0.307 e. The number of carbonyl (C=O) groups is 3. The molecule has 1 aromatic carbocycles. The Morgan fingerprint density at radius 2 is 1.94 bits per heavy atom. The van der Waals surface area contributed by atoms with Gasteiger partial charge in [0.15, 0.2) is 5.60 Å². The molecule has 0 saturated carbocycles. The van der Waals surface area contributed by atoms with Crippen molar-refractivity contribution in [1.29, 1.82) is 0 Å². The molecule has 0 aliphatic carbocycles. The normalized spacial score (nSPS) is 15.4. The highest BCUT2D eigenvalue weighted by Crippen LogP contribution is 2.33. The van der Waals surface area contributed by atoms with E-state index in [0.29, 0.717) is 36.2 Å². The summed E-state index contributed by atoms with van der Waals surface area (Å²) in [6.45, 7) is 8.47. The van der Waals surface area contributed by atoms with E-state index >= 15 is 0 Å². The lowest BCUT2D eigenvalue weighted by atomic mass is 9.96. The van der Waals surface area contributed by atoms with Crippen LogP contribution in [-0.4, -0.2) is 59.0 Å². The lowest BCUT2D eigenvalue weighted by molar-refractivity contribution is -0.146. The van der Waals surface area contributed by atoms with Gasteiger partial charge >= 0.3 is 5.97 Å². The number of benzene rings is 1. The molecule has 0 spiro atoms. The second-order valence-corrected chi connectivity index (χ2v) is 10.4. The van der Waals surface area contributed by atoms with Gasteiger partial charge in [0.25, 0.3) is 11.8 Å². The molecule has 10 heteroatoms. The number of amides is 2. The van der Waals surface area contributed by atoms with Crippen molar-refractivity contribution in [3.63, 3.8) is 0 Å². The van der Waals surface area contributed by atoms with E-state index in [2.05, 4.69) is 10.3 Å². The summed E-state index contributed by atoms with van der Waals surface area (Å²) in [7, 11) is 0. The topological polar surface area (TPSA) is 97.8 Å². The molecule has 0 bridgehead atoms. The van der Waals surface area contributed by atoms with Gasteiger partial charge in [-0.2, -0.15) is 0 Å². The van der Waals surface area contributed by atoms with Gasteiger partial charge < -0.3 is 19.7 Å². The number of thiazole rings is 1. The number of para-hydroxylation sites is 1. The molecule has 190 valence electrons. The third-order valence-electron chi connectivity index (χ3n) is 5.76. The van der Waals surface area contributed by atoms with Crippen molar-refractivity contribution in [3.8, 4) is 5.75 Å². The van der Waals surface area contributed by atoms with Crippen LogP contribution in [-0.2, 0) is 14.3 Å². The minimum Gasteiger partial charge on any atom is -0.476 e. The molecule has 2 aromatic rings. The van der Waals surface area contributed by atoms with Crippen molar-refractivity contribution in [2.45, 2.75) is 64.5 Å². The van der Waals surface area contributed by atoms with Gasteiger partial charge in [-0.15, -0.1) is 11.3 Å². The van der Waals surface area contributed by atoms with Gasteiger partial charge in [-0.05, 0) is 52.7 Å². The highest BCUT2D eigenvalue weighted by Gasteiger charge is 2.37. The van der Waals surface area contributed by atoms with Crippen LogP contribution in [0.2, 0.25) is 5.02 Å². The van der Waals surface area contributed by atoms with Crippen LogP contribution < -0.4 is 10.1 Å². The summed E-state index contributed by atoms with van der Waals surface area (Å²) < 4.78 is 10.9. The zero-order valence-corrected chi connectivity index (χ0v) is 22.1. The lowest BCUT2D eigenvalue weighted by Crippen LogP contribution is -2.51. The smallest absolute Gasteiger partial charge is 0.307 e. The van der Waals surface area contributed by atoms with Crippen LogP contribution in [0.25, 0.3) is 0 Å². The molecule has 1 N–H and O–H groups in total. The molecule has 1 aliphatic heterocycles. The van der Waals surface area contributed by atoms with E-state index in [0.717, 1.165) is 17.8 Å². The van der Waals surface area contributed by atoms with Gasteiger partial charge in [0, 0.05) is 30.4 Å². The Morgan fingerprint density at radius 1 is 1.26 bits per heavy atom. The fourth-order valence-corrected chi connectivity index (χ4v) is 5.10. The fraction of sp³-hybridized carbons (Fsp3) is 0.520. The molecule has 2 heterocycles. The Morgan fingerprint density at radius 3 is 2.60 bits per heavy atom. The van der Waals surface area contributed by atoms with Crippen molar-refractivity contribution in [3.05, 3.63) is 45.4 Å². The number of carbonyl (C=O) groups excluding carboxylic acids is 3. The summed E-state index contributed by atoms with van der Waals surface area (Å²) in [6, 6.07) is 6.75. The van der Waals surface area contributed by atoms with E-state index in [4.69, 9.17) is 21.1 Å². The van der Waals surface area contributed by atoms with E-state index in [1.54, 1.807) is 45.2 Å². The first-order valence-corrected chi connectivity index (χ1v) is 13.0. The van der Waals surface area contributed by atoms with Gasteiger partial charge in [0.2, 0.25) is 0 Å². The lowest BCUT2D eigenvalue weighted by Gasteiger charge is -2.36. The second-order valence-electron chi connectivity index (χ2n) is 9.06. The molecule has 0 radical (unpaired) electrons. The molecule has 1 aromatic heterocycles. The first-order valence-electron chi connectivity index (χ1n) is 11.8. The number of esters is 1. The highest BCUT2D eigenvalue weighted by atomic mass is 35.5. The van der Waals surface area contributed by atoms with Crippen LogP contribution in [0.1, 0.15) is 68.4 Å². The van der Waals surface area contributed by atoms with Crippen molar-refractivity contribution in [1.82, 2.24) is 15.2 Å². The van der Waals surface area contributed by atoms with Crippen molar-refractivity contribution in [2.75, 3.05) is 19.7 Å². The van der Waals surface area contributed by atoms with Crippen molar-refractivity contribution < 1.29 is 23.9 Å². The third kappa shape index (κ3) is 7.18. The largest absolute Gasteiger partial charge is 0.476 e. The Balaban J connectivity index is 1.52. The SMILES string of the molecule is CCOC(=O)CC(C)NC(=O)c1csc(C2CCN(C(=O)C(C)(C)Oc3ccccc3Cl)CC2)n1. The first kappa shape index (κ1) is 26.9. The maximum atomic E-state index is 13.2. The first-order chi connectivity index (χ1) is 16.6. The molecular weight excluding hydrogens is 490 g/mol. The molecular formula is C25H32ClN3O5S. The summed E-state index contributed by atoms with van der Waals surface area (Å²) >= 11 is 7.64. The number of rotatable bonds is 9. The van der Waals surface area contributed by atoms with Crippen LogP contribution >= 0.6 is 22.9 Å². The van der Waals surface area contributed by atoms with Crippen molar-refractivity contribution >= 4 is 40.7 Å². The van der Waals surface area contributed by atoms with Gasteiger partial charge in [0.1, 0.15) is 11.4 Å². The van der Waals surface area contributed by atoms with E-state index in [9.17, 15) is 14.4 Å². The molecule has 1 aliphatic rings. The van der Waals surface area contributed by atoms with E-state index in [1.165, 1.54) is 11.3 Å². The standard InChI is InChI=1S/C25H32ClN3O5S/c1-5-33-21(30)14-16(2)27-22(31)19-15-35-23(28-19)17-10-12-29(13-11-17)24(32)25(3,4)34-20-9-7-6-8-18(20)26/h6-9,15-17H,5,10-14H2,1-4H3,(H,27,31). The number of aromatic nitrogens is 1. The maximum absolute atomic E-state index is 13.2. The minimum atomic E-state index is -1.05. The van der Waals surface area contributed by atoms with E-state index in [-0.39, 0.29) is 36.2 Å². The molecule has 35 heavy (non-hydrogen) atoms. The predicted molar refractivity (Wildman–Crippen MR) is 135 cm³/mol. The number of piperidine rings is 1. The Labute approximate surface area is 215 Å². The molecule has 3 rings (SSSR count). The number of nitrogens with one attached hydrogen (secondary N) is 1. The number of halogens is 1. The third-order valence-corrected chi connectivity index (χ3v) is 7.08. The molecule has 2 amide bonds. The van der Waals surface area contributed by atoms with Crippen LogP contribution in [0.5, 0.6) is 5.75 Å². The zero-order valence-electron chi connectivity index (χ0n) is 20.5. The predicted octanol–water partition coefficient (Wildman–Crippen LogP) is 4.43. The monoisotopic (exact) mass is 521 g/mol. The number of hydrogen-bond donors (Lipinski definition) is 1. The summed E-state index contributed by atoms with van der Waals surface area (Å²) in [4.78, 5) is 43.6. The molecule has 1 atom stereocenters. The summed E-state index contributed by atoms with van der Waals surface area (Å²) in [5.74, 6) is -0.0928. The minimum absolute atomic E-state index is 0.0920. The Hall–Kier alpha value is -2.65. The second kappa shape index (κ2) is 11.9. The highest BCUT2D eigenvalue weighted by molar-refractivity contribution is 7.09. The summed E-state index contributed by atoms with van der Waals surface area (Å²) in [6.07, 6.45) is 1.61. The van der Waals surface area contributed by atoms with Gasteiger partial charge in [-0.25, -0.2) is 4.98 Å². The fourth-order valence-electron chi connectivity index (χ4n) is 3.95. The number of ether oxygens (including phenoxy) is 2. The van der Waals surface area contributed by atoms with Crippen LogP contribution in [0.15, 0.2) is 29.6 Å². The number of hydrogen-bond acceptors (Lipinski definition) is 7. The number of likely N-dealkylation sites (tertiary alicyclic amines) is 1. The Kier molecular flexibility index (Phi) is 9.13. The summed E-state index contributed by atoms with van der Waals surface area (Å²) in [5, 5.41) is 5.87. The molecule has 1 fully saturated rings. The Bertz CT molecular complexity index is 1050. The quantitative estimate of drug-likeness (QED) is 0.490. The van der Waals surface area contributed by atoms with Crippen LogP contribution in [0.4, 0.5) is 0 Å².